The Hall–Kier alpha value is -3.00. The van der Waals surface area contributed by atoms with Crippen LogP contribution in [0.4, 0.5) is 9.18 Å². The number of alkyl carbamates (subject to hydrolysis) is 1. The number of hydrogen-bond donors (Lipinski definition) is 1. The number of hydrogen-bond acceptors (Lipinski definition) is 6. The van der Waals surface area contributed by atoms with Crippen LogP contribution in [-0.4, -0.2) is 49.7 Å². The van der Waals surface area contributed by atoms with E-state index in [1.165, 1.54) is 6.07 Å². The van der Waals surface area contributed by atoms with Crippen LogP contribution in [0.15, 0.2) is 47.6 Å². The van der Waals surface area contributed by atoms with Crippen molar-refractivity contribution in [2.24, 2.45) is 5.16 Å². The molecule has 2 aliphatic rings. The van der Waals surface area contributed by atoms with Crippen LogP contribution in [-0.2, 0) is 16.2 Å². The van der Waals surface area contributed by atoms with Gasteiger partial charge in [0.05, 0.1) is 13.7 Å². The van der Waals surface area contributed by atoms with E-state index < -0.39 is 18.0 Å². The molecule has 0 bridgehead atoms. The topological polar surface area (TPSA) is 72.4 Å². The van der Waals surface area contributed by atoms with Gasteiger partial charge in [0.1, 0.15) is 30.8 Å². The molecule has 0 aliphatic carbocycles. The number of nitrogens with one attached hydrogen (secondary N) is 1. The first kappa shape index (κ1) is 20.3. The number of methoxy groups -OCH3 is 1. The third-order valence-electron chi connectivity index (χ3n) is 5.20. The lowest BCUT2D eigenvalue weighted by Crippen LogP contribution is -2.45. The fraction of sp³-hybridized carbons (Fsp3) is 0.333. The van der Waals surface area contributed by atoms with E-state index in [2.05, 4.69) is 10.5 Å². The number of halogens is 2. The summed E-state index contributed by atoms with van der Waals surface area (Å²) in [4.78, 5) is 19.7. The molecule has 2 aromatic carbocycles. The Labute approximate surface area is 178 Å². The minimum atomic E-state index is -0.620. The highest BCUT2D eigenvalue weighted by atomic mass is 35.5. The Balaban J connectivity index is 1.48. The van der Waals surface area contributed by atoms with Crippen molar-refractivity contribution in [1.82, 2.24) is 10.2 Å². The van der Waals surface area contributed by atoms with Crippen molar-refractivity contribution < 1.29 is 23.5 Å². The zero-order valence-electron chi connectivity index (χ0n) is 16.3. The van der Waals surface area contributed by atoms with Crippen LogP contribution in [0.1, 0.15) is 17.0 Å². The molecule has 2 atom stereocenters. The first-order valence-electron chi connectivity index (χ1n) is 9.51. The fourth-order valence-electron chi connectivity index (χ4n) is 3.68. The van der Waals surface area contributed by atoms with Crippen molar-refractivity contribution in [3.05, 3.63) is 64.4 Å². The smallest absolute Gasteiger partial charge is 0.408 e. The van der Waals surface area contributed by atoms with Gasteiger partial charge in [0.25, 0.3) is 0 Å². The minimum Gasteiger partial charge on any atom is -0.497 e. The molecular weight excluding hydrogens is 413 g/mol. The summed E-state index contributed by atoms with van der Waals surface area (Å²) in [6, 6.07) is 11.2. The van der Waals surface area contributed by atoms with Crippen molar-refractivity contribution in [3.8, 4) is 5.75 Å². The first-order chi connectivity index (χ1) is 14.5. The van der Waals surface area contributed by atoms with Crippen LogP contribution in [0.5, 0.6) is 5.75 Å². The summed E-state index contributed by atoms with van der Waals surface area (Å²) in [5, 5.41) is 7.24. The minimum absolute atomic E-state index is 0.0925. The maximum absolute atomic E-state index is 14.6. The Kier molecular flexibility index (Phi) is 5.94. The summed E-state index contributed by atoms with van der Waals surface area (Å²) >= 11 is 5.89. The number of carbonyl (C=O) groups is 1. The summed E-state index contributed by atoms with van der Waals surface area (Å²) in [7, 11) is 1.58. The predicted molar refractivity (Wildman–Crippen MR) is 109 cm³/mol. The van der Waals surface area contributed by atoms with E-state index in [4.69, 9.17) is 25.9 Å². The third kappa shape index (κ3) is 4.28. The van der Waals surface area contributed by atoms with Crippen molar-refractivity contribution in [3.63, 3.8) is 0 Å². The second-order valence-electron chi connectivity index (χ2n) is 7.05. The van der Waals surface area contributed by atoms with E-state index in [-0.39, 0.29) is 12.5 Å². The molecule has 0 aromatic heterocycles. The van der Waals surface area contributed by atoms with Gasteiger partial charge in [0.15, 0.2) is 5.84 Å². The van der Waals surface area contributed by atoms with Crippen molar-refractivity contribution in [2.45, 2.75) is 18.6 Å². The number of carbonyl (C=O) groups excluding carboxylic acids is 1. The Morgan fingerprint density at radius 3 is 2.87 bits per heavy atom. The number of benzene rings is 2. The van der Waals surface area contributed by atoms with Gasteiger partial charge in [-0.2, -0.15) is 0 Å². The van der Waals surface area contributed by atoms with Crippen LogP contribution in [0.2, 0.25) is 5.02 Å². The van der Waals surface area contributed by atoms with Crippen molar-refractivity contribution >= 4 is 23.5 Å². The molecule has 0 radical (unpaired) electrons. The highest BCUT2D eigenvalue weighted by Gasteiger charge is 2.43. The van der Waals surface area contributed by atoms with Crippen molar-refractivity contribution in [1.29, 1.82) is 0 Å². The van der Waals surface area contributed by atoms with Crippen LogP contribution in [0.25, 0.3) is 0 Å². The lowest BCUT2D eigenvalue weighted by molar-refractivity contribution is 0.105. The lowest BCUT2D eigenvalue weighted by Gasteiger charge is -2.24. The number of amidine groups is 1. The van der Waals surface area contributed by atoms with E-state index in [1.807, 2.05) is 17.0 Å². The summed E-state index contributed by atoms with van der Waals surface area (Å²) in [5.74, 6) is 0.503. The van der Waals surface area contributed by atoms with Crippen LogP contribution < -0.4 is 10.1 Å². The molecule has 0 spiro atoms. The summed E-state index contributed by atoms with van der Waals surface area (Å²) in [5.41, 5.74) is 1.27. The van der Waals surface area contributed by atoms with Crippen LogP contribution >= 0.6 is 11.6 Å². The summed E-state index contributed by atoms with van der Waals surface area (Å²) in [6.45, 7) is 1.65. The van der Waals surface area contributed by atoms with Gasteiger partial charge in [-0.1, -0.05) is 35.0 Å². The zero-order chi connectivity index (χ0) is 21.1. The summed E-state index contributed by atoms with van der Waals surface area (Å²) in [6.07, 6.45) is -0.620. The molecule has 0 saturated carbocycles. The zero-order valence-corrected chi connectivity index (χ0v) is 17.1. The number of fused-ring (bicyclic) bond motifs is 1. The third-order valence-corrected chi connectivity index (χ3v) is 5.43. The molecule has 1 N–H and O–H groups in total. The summed E-state index contributed by atoms with van der Waals surface area (Å²) < 4.78 is 25.1. The van der Waals surface area contributed by atoms with E-state index in [0.29, 0.717) is 36.1 Å². The van der Waals surface area contributed by atoms with E-state index in [9.17, 15) is 9.18 Å². The molecule has 1 amide bonds. The highest BCUT2D eigenvalue weighted by molar-refractivity contribution is 6.30. The molecule has 1 fully saturated rings. The maximum atomic E-state index is 14.6. The van der Waals surface area contributed by atoms with Crippen molar-refractivity contribution in [2.75, 3.05) is 26.8 Å². The lowest BCUT2D eigenvalue weighted by atomic mass is 9.93. The number of oxime groups is 1. The van der Waals surface area contributed by atoms with Gasteiger partial charge in [0.2, 0.25) is 0 Å². The molecule has 9 heteroatoms. The van der Waals surface area contributed by atoms with Gasteiger partial charge in [-0.05, 0) is 35.4 Å². The van der Waals surface area contributed by atoms with Gasteiger partial charge >= 0.3 is 6.09 Å². The Bertz CT molecular complexity index is 954. The van der Waals surface area contributed by atoms with Crippen LogP contribution in [0, 0.1) is 5.82 Å². The molecular formula is C21H21ClFN3O4. The molecule has 0 unspecified atom stereocenters. The second kappa shape index (κ2) is 8.79. The number of nitrogens with zero attached hydrogens (tertiary/aromatic N) is 2. The molecule has 7 nitrogen and oxygen atoms in total. The average Bonchev–Trinajstić information content (AvgIpc) is 3.11. The quantitative estimate of drug-likeness (QED) is 0.781. The number of rotatable bonds is 5. The number of amides is 1. The van der Waals surface area contributed by atoms with E-state index in [0.717, 1.165) is 11.3 Å². The molecule has 4 rings (SSSR count). The predicted octanol–water partition coefficient (Wildman–Crippen LogP) is 3.53. The molecule has 2 aromatic rings. The van der Waals surface area contributed by atoms with Gasteiger partial charge in [-0.25, -0.2) is 9.18 Å². The number of ether oxygens (including phenoxy) is 2. The maximum Gasteiger partial charge on any atom is 0.408 e. The molecule has 1 saturated heterocycles. The largest absolute Gasteiger partial charge is 0.497 e. The fourth-order valence-corrected chi connectivity index (χ4v) is 3.84. The standard InChI is InChI=1S/C21H21ClFN3O4/c1-28-15-5-2-13(3-6-15)12-29-21(27)24-19-17(11-26-8-9-30-25-20(19)26)16-7-4-14(22)10-18(16)23/h2-7,10,17,19H,8-9,11-12H2,1H3,(H,24,27)/t17-,19-/m0/s1. The Morgan fingerprint density at radius 1 is 1.33 bits per heavy atom. The SMILES string of the molecule is COc1ccc(COC(=O)N[C@@H]2C3=NOCCN3C[C@H]2c2ccc(Cl)cc2F)cc1. The van der Waals surface area contributed by atoms with Gasteiger partial charge in [-0.15, -0.1) is 0 Å². The van der Waals surface area contributed by atoms with Gasteiger partial charge < -0.3 is 24.5 Å². The second-order valence-corrected chi connectivity index (χ2v) is 7.48. The normalized spacial score (nSPS) is 20.1. The van der Waals surface area contributed by atoms with E-state index >= 15 is 0 Å². The monoisotopic (exact) mass is 433 g/mol. The van der Waals surface area contributed by atoms with E-state index in [1.54, 1.807) is 31.4 Å². The first-order valence-corrected chi connectivity index (χ1v) is 9.89. The highest BCUT2D eigenvalue weighted by Crippen LogP contribution is 2.33. The Morgan fingerprint density at radius 2 is 2.13 bits per heavy atom. The molecule has 30 heavy (non-hydrogen) atoms. The van der Waals surface area contributed by atoms with Gasteiger partial charge in [-0.3, -0.25) is 0 Å². The van der Waals surface area contributed by atoms with Crippen LogP contribution in [0.3, 0.4) is 0 Å². The van der Waals surface area contributed by atoms with Gasteiger partial charge in [0, 0.05) is 17.5 Å². The molecule has 2 aliphatic heterocycles. The average molecular weight is 434 g/mol. The molecule has 158 valence electrons. The molecule has 2 heterocycles.